The first-order valence-corrected chi connectivity index (χ1v) is 10.8. The molecule has 0 fully saturated rings. The quantitative estimate of drug-likeness (QED) is 0.269. The Hall–Kier alpha value is -2.66. The zero-order valence-corrected chi connectivity index (χ0v) is 23.5. The van der Waals surface area contributed by atoms with Crippen LogP contribution in [0, 0.1) is 34.2 Å². The average Bonchev–Trinajstić information content (AvgIpc) is 2.85. The Morgan fingerprint density at radius 1 is 1.18 bits per heavy atom. The van der Waals surface area contributed by atoms with Crippen molar-refractivity contribution in [1.82, 2.24) is 24.8 Å². The normalized spacial score (nSPS) is 13.7. The molecule has 0 aromatic carbocycles. The number of aromatic nitrogens is 4. The molecule has 0 spiro atoms. The molecule has 4 rings (SSSR count). The van der Waals surface area contributed by atoms with Crippen LogP contribution in [0.1, 0.15) is 19.2 Å². The minimum Gasteiger partial charge on any atom is -0.878 e. The summed E-state index contributed by atoms with van der Waals surface area (Å²) >= 11 is 0. The van der Waals surface area contributed by atoms with E-state index in [1.54, 1.807) is 30.7 Å². The van der Waals surface area contributed by atoms with Gasteiger partial charge in [0.2, 0.25) is 0 Å². The van der Waals surface area contributed by atoms with Gasteiger partial charge in [-0.3, -0.25) is 4.98 Å². The second-order valence-corrected chi connectivity index (χ2v) is 7.65. The molecule has 1 aliphatic rings. The number of nitrogens with zero attached hydrogens (tertiary/aromatic N) is 6. The van der Waals surface area contributed by atoms with Gasteiger partial charge in [-0.25, -0.2) is 4.98 Å². The Bertz CT molecular complexity index is 1120. The number of anilines is 2. The summed E-state index contributed by atoms with van der Waals surface area (Å²) in [6.45, 7) is 6.81. The van der Waals surface area contributed by atoms with Crippen molar-refractivity contribution in [3.63, 3.8) is 0 Å². The van der Waals surface area contributed by atoms with Crippen molar-refractivity contribution >= 4 is 23.4 Å². The van der Waals surface area contributed by atoms with Crippen molar-refractivity contribution in [3.05, 3.63) is 88.3 Å². The summed E-state index contributed by atoms with van der Waals surface area (Å²) in [4.78, 5) is 19.1. The van der Waals surface area contributed by atoms with Crippen molar-refractivity contribution in [2.75, 3.05) is 32.6 Å². The van der Waals surface area contributed by atoms with E-state index in [0.29, 0.717) is 30.4 Å². The van der Waals surface area contributed by atoms with E-state index in [0.717, 1.165) is 23.9 Å². The zero-order valence-electron chi connectivity index (χ0n) is 23.5. The summed E-state index contributed by atoms with van der Waals surface area (Å²) in [6.07, 6.45) is 11.8. The Balaban J connectivity index is 0. The molecule has 3 aromatic heterocycles. The van der Waals surface area contributed by atoms with Crippen molar-refractivity contribution in [1.29, 1.82) is 0 Å². The van der Waals surface area contributed by atoms with Gasteiger partial charge < -0.3 is 63.1 Å². The Morgan fingerprint density at radius 2 is 1.92 bits per heavy atom. The van der Waals surface area contributed by atoms with Crippen LogP contribution in [0.15, 0.2) is 42.9 Å². The number of fused-ring (bicyclic) bond motifs is 4. The summed E-state index contributed by atoms with van der Waals surface area (Å²) in [5, 5.41) is 12.6. The molecular formula is C27H33Li2N7O2-4. The summed E-state index contributed by atoms with van der Waals surface area (Å²) < 4.78 is 11.6. The number of rotatable bonds is 3. The van der Waals surface area contributed by atoms with Crippen molar-refractivity contribution in [3.8, 4) is 16.9 Å². The summed E-state index contributed by atoms with van der Waals surface area (Å²) in [6, 6.07) is 7.16. The molecule has 0 aliphatic carbocycles. The van der Waals surface area contributed by atoms with Gasteiger partial charge in [0.1, 0.15) is 17.4 Å². The molecular weight excluding hydrogens is 468 g/mol. The molecule has 0 unspecified atom stereocenters. The van der Waals surface area contributed by atoms with Crippen LogP contribution in [0.25, 0.3) is 22.1 Å². The number of allylic oxidation sites excluding steroid dienone is 1. The molecule has 38 heavy (non-hydrogen) atoms. The molecule has 1 aliphatic heterocycles. The fourth-order valence-electron chi connectivity index (χ4n) is 2.75. The van der Waals surface area contributed by atoms with E-state index in [1.807, 2.05) is 38.1 Å². The number of pyridine rings is 2. The fraction of sp³-hybridized carbons (Fsp3) is 0.259. The third-order valence-electron chi connectivity index (χ3n) is 4.66. The molecule has 4 heterocycles. The maximum atomic E-state index is 9.47. The van der Waals surface area contributed by atoms with Crippen LogP contribution in [0.5, 0.6) is 5.75 Å². The maximum Gasteiger partial charge on any atom is 1.00 e. The third kappa shape index (κ3) is 11.4. The molecule has 0 radical (unpaired) electrons. The summed E-state index contributed by atoms with van der Waals surface area (Å²) in [5.74, 6) is 2.01. The van der Waals surface area contributed by atoms with Crippen LogP contribution in [0.4, 0.5) is 11.6 Å². The van der Waals surface area contributed by atoms with Gasteiger partial charge >= 0.3 is 37.7 Å². The van der Waals surface area contributed by atoms with Gasteiger partial charge in [-0.2, -0.15) is 12.1 Å². The molecule has 9 nitrogen and oxygen atoms in total. The Morgan fingerprint density at radius 3 is 2.55 bits per heavy atom. The third-order valence-corrected chi connectivity index (χ3v) is 4.66. The smallest absolute Gasteiger partial charge is 0.878 e. The molecule has 0 saturated carbocycles. The second-order valence-electron chi connectivity index (χ2n) is 7.65. The molecule has 0 amide bonds. The van der Waals surface area contributed by atoms with Gasteiger partial charge in [0.05, 0.1) is 12.7 Å². The van der Waals surface area contributed by atoms with Gasteiger partial charge in [-0.15, -0.1) is 17.7 Å². The number of ether oxygens (including phenoxy) is 2. The minimum absolute atomic E-state index is 0. The standard InChI is InChI=1S/C21H17N6O2.C4H10N.2CH3.2Li/c1-14-5-8-28-13-16(10-22)21-24-7-4-19(27-21)26-20-9-18(29-14)17(12-25-20)15-3-2-6-23-11-15;1-4-5(2)3;;;;/h2-4,7,9-12,14H,5,8H2,1H3,(H,24,25,26,27);1,4H2,2-3H3;2*1H3;;/q-3;3*-1;2*+1/t14-;;;;;/m0...../s1. The van der Waals surface area contributed by atoms with E-state index in [4.69, 9.17) is 9.47 Å². The monoisotopic (exact) mass is 501 g/mol. The van der Waals surface area contributed by atoms with Crippen LogP contribution in [0.2, 0.25) is 0 Å². The van der Waals surface area contributed by atoms with Crippen molar-refractivity contribution in [2.45, 2.75) is 19.4 Å². The van der Waals surface area contributed by atoms with E-state index in [2.05, 4.69) is 44.6 Å². The van der Waals surface area contributed by atoms with Gasteiger partial charge in [0, 0.05) is 42.5 Å². The first-order valence-electron chi connectivity index (χ1n) is 10.8. The SMILES string of the molecule is C[C@H]1CCO[C-]=C(C=[N-])c2nccc(n2)Nc2cc(c(-c3cc[c-]nc3)cn2)O1.[CH2-]CN(C)C.[CH3-].[CH3-].[Li+].[Li+]. The second kappa shape index (κ2) is 19.4. The van der Waals surface area contributed by atoms with E-state index < -0.39 is 0 Å². The Kier molecular flexibility index (Phi) is 19.2. The molecule has 1 atom stereocenters. The van der Waals surface area contributed by atoms with Crippen molar-refractivity contribution in [2.24, 2.45) is 0 Å². The molecule has 0 saturated heterocycles. The summed E-state index contributed by atoms with van der Waals surface area (Å²) in [5.41, 5.74) is 1.95. The maximum absolute atomic E-state index is 9.47. The van der Waals surface area contributed by atoms with Gasteiger partial charge in [0.15, 0.2) is 0 Å². The van der Waals surface area contributed by atoms with E-state index >= 15 is 0 Å². The van der Waals surface area contributed by atoms with Gasteiger partial charge in [0.25, 0.3) is 0 Å². The first-order chi connectivity index (χ1) is 16.5. The van der Waals surface area contributed by atoms with Crippen molar-refractivity contribution < 1.29 is 47.2 Å². The number of hydrogen-bond acceptors (Lipinski definition) is 8. The molecule has 11 heteroatoms. The van der Waals surface area contributed by atoms with E-state index in [1.165, 1.54) is 0 Å². The van der Waals surface area contributed by atoms with Gasteiger partial charge in [-0.05, 0) is 27.1 Å². The predicted molar refractivity (Wildman–Crippen MR) is 145 cm³/mol. The van der Waals surface area contributed by atoms with E-state index in [9.17, 15) is 5.41 Å². The average molecular weight is 501 g/mol. The zero-order chi connectivity index (χ0) is 24.3. The Labute approximate surface area is 251 Å². The van der Waals surface area contributed by atoms with Gasteiger partial charge in [-0.1, -0.05) is 12.4 Å². The van der Waals surface area contributed by atoms with Crippen LogP contribution >= 0.6 is 0 Å². The molecule has 194 valence electrons. The fourth-order valence-corrected chi connectivity index (χ4v) is 2.75. The van der Waals surface area contributed by atoms with Crippen LogP contribution < -0.4 is 47.8 Å². The van der Waals surface area contributed by atoms with Crippen LogP contribution in [0.3, 0.4) is 0 Å². The first kappa shape index (κ1) is 37.5. The largest absolute Gasteiger partial charge is 1.00 e. The molecule has 3 aromatic rings. The van der Waals surface area contributed by atoms with Crippen LogP contribution in [-0.2, 0) is 4.74 Å². The topological polar surface area (TPSA) is 108 Å². The number of nitrogens with one attached hydrogen (secondary N) is 1. The predicted octanol–water partition coefficient (Wildman–Crippen LogP) is -1.26. The molecule has 1 N–H and O–H groups in total. The molecule has 4 bridgehead atoms. The minimum atomic E-state index is -0.132. The van der Waals surface area contributed by atoms with Crippen LogP contribution in [-0.4, -0.2) is 64.4 Å². The number of hydrogen-bond donors (Lipinski definition) is 1. The summed E-state index contributed by atoms with van der Waals surface area (Å²) in [7, 11) is 3.99. The van der Waals surface area contributed by atoms with E-state index in [-0.39, 0.29) is 70.1 Å².